The quantitative estimate of drug-likeness (QED) is 0.570. The van der Waals surface area contributed by atoms with Crippen LogP contribution in [0.2, 0.25) is 0 Å². The van der Waals surface area contributed by atoms with Crippen molar-refractivity contribution in [2.45, 2.75) is 64.6 Å². The molecule has 0 saturated heterocycles. The molecule has 1 fully saturated rings. The van der Waals surface area contributed by atoms with Crippen molar-refractivity contribution in [3.63, 3.8) is 0 Å². The van der Waals surface area contributed by atoms with Crippen molar-refractivity contribution < 1.29 is 9.18 Å². The van der Waals surface area contributed by atoms with Gasteiger partial charge in [0.25, 0.3) is 5.91 Å². The van der Waals surface area contributed by atoms with Crippen LogP contribution in [0.25, 0.3) is 0 Å². The molecule has 0 aromatic carbocycles. The molecule has 24 heavy (non-hydrogen) atoms. The van der Waals surface area contributed by atoms with Crippen LogP contribution in [0.3, 0.4) is 0 Å². The summed E-state index contributed by atoms with van der Waals surface area (Å²) in [6.45, 7) is 5.81. The number of nitrogens with zero attached hydrogens (tertiary/aromatic N) is 2. The van der Waals surface area contributed by atoms with E-state index in [0.717, 1.165) is 6.42 Å². The van der Waals surface area contributed by atoms with Gasteiger partial charge in [-0.1, -0.05) is 6.92 Å². The molecular formula is C17H28FN5O. The first-order chi connectivity index (χ1) is 11.3. The summed E-state index contributed by atoms with van der Waals surface area (Å²) in [5.74, 6) is 0.983. The minimum Gasteiger partial charge on any atom is -0.366 e. The maximum absolute atomic E-state index is 13.5. The lowest BCUT2D eigenvalue weighted by atomic mass is 10.1. The Hall–Kier alpha value is -1.92. The van der Waals surface area contributed by atoms with Gasteiger partial charge < -0.3 is 16.4 Å². The summed E-state index contributed by atoms with van der Waals surface area (Å²) in [6.07, 6.45) is 5.94. The number of amides is 1. The Bertz CT molecular complexity index is 569. The van der Waals surface area contributed by atoms with E-state index in [1.165, 1.54) is 19.0 Å². The van der Waals surface area contributed by atoms with Crippen molar-refractivity contribution in [1.82, 2.24) is 9.97 Å². The Morgan fingerprint density at radius 1 is 1.50 bits per heavy atom. The molecule has 1 aromatic heterocycles. The Kier molecular flexibility index (Phi) is 5.96. The fourth-order valence-electron chi connectivity index (χ4n) is 2.69. The van der Waals surface area contributed by atoms with Crippen molar-refractivity contribution in [1.29, 1.82) is 0 Å². The number of alkyl halides is 1. The summed E-state index contributed by atoms with van der Waals surface area (Å²) in [7, 11) is 0. The van der Waals surface area contributed by atoms with E-state index < -0.39 is 11.6 Å². The molecule has 0 radical (unpaired) electrons. The Balaban J connectivity index is 2.02. The molecule has 2 rings (SSSR count). The maximum atomic E-state index is 13.5. The third kappa shape index (κ3) is 5.62. The molecule has 134 valence electrons. The number of aromatic nitrogens is 2. The standard InChI is InChI=1S/C17H28FN5O/c1-4-13(11-6-7-11)22-15-12(14(19)24)10-21-16(23-15)20-9-5-8-17(2,3)18/h10-11,13H,4-9H2,1-3H3,(H2,19,24)(H2,20,21,22,23). The first kappa shape index (κ1) is 18.4. The molecular weight excluding hydrogens is 309 g/mol. The number of carbonyl (C=O) groups is 1. The lowest BCUT2D eigenvalue weighted by molar-refractivity contribution is 0.100. The summed E-state index contributed by atoms with van der Waals surface area (Å²) in [4.78, 5) is 20.1. The SMILES string of the molecule is CCC(Nc1nc(NCCCC(C)(C)F)ncc1C(N)=O)C1CC1. The number of anilines is 2. The molecule has 0 spiro atoms. The molecule has 1 aliphatic rings. The van der Waals surface area contributed by atoms with Crippen molar-refractivity contribution >= 4 is 17.7 Å². The molecule has 7 heteroatoms. The van der Waals surface area contributed by atoms with Gasteiger partial charge in [-0.15, -0.1) is 0 Å². The number of nitrogens with one attached hydrogen (secondary N) is 2. The molecule has 0 bridgehead atoms. The number of rotatable bonds is 10. The van der Waals surface area contributed by atoms with Crippen LogP contribution >= 0.6 is 0 Å². The van der Waals surface area contributed by atoms with Crippen molar-refractivity contribution in [2.75, 3.05) is 17.2 Å². The zero-order valence-corrected chi connectivity index (χ0v) is 14.7. The zero-order valence-electron chi connectivity index (χ0n) is 14.7. The summed E-state index contributed by atoms with van der Waals surface area (Å²) >= 11 is 0. The Morgan fingerprint density at radius 3 is 2.75 bits per heavy atom. The lowest BCUT2D eigenvalue weighted by Crippen LogP contribution is -2.25. The predicted molar refractivity (Wildman–Crippen MR) is 93.9 cm³/mol. The fourth-order valence-corrected chi connectivity index (χ4v) is 2.69. The van der Waals surface area contributed by atoms with Gasteiger partial charge in [-0.05, 0) is 51.9 Å². The smallest absolute Gasteiger partial charge is 0.254 e. The highest BCUT2D eigenvalue weighted by Crippen LogP contribution is 2.35. The van der Waals surface area contributed by atoms with Gasteiger partial charge in [0.05, 0.1) is 5.56 Å². The molecule has 4 N–H and O–H groups in total. The van der Waals surface area contributed by atoms with Crippen LogP contribution in [-0.2, 0) is 0 Å². The number of hydrogen-bond acceptors (Lipinski definition) is 5. The number of primary amides is 1. The summed E-state index contributed by atoms with van der Waals surface area (Å²) in [6, 6.07) is 0.290. The molecule has 1 saturated carbocycles. The largest absolute Gasteiger partial charge is 0.366 e. The second-order valence-corrected chi connectivity index (χ2v) is 7.07. The monoisotopic (exact) mass is 337 g/mol. The summed E-state index contributed by atoms with van der Waals surface area (Å²) < 4.78 is 13.5. The zero-order chi connectivity index (χ0) is 17.7. The minimum absolute atomic E-state index is 0.290. The van der Waals surface area contributed by atoms with E-state index in [1.54, 1.807) is 13.8 Å². The first-order valence-corrected chi connectivity index (χ1v) is 8.66. The Labute approximate surface area is 142 Å². The third-order valence-corrected chi connectivity index (χ3v) is 4.24. The second-order valence-electron chi connectivity index (χ2n) is 7.07. The molecule has 1 unspecified atom stereocenters. The molecule has 1 aromatic rings. The van der Waals surface area contributed by atoms with Crippen LogP contribution in [0, 0.1) is 5.92 Å². The van der Waals surface area contributed by atoms with Gasteiger partial charge in [-0.2, -0.15) is 4.98 Å². The predicted octanol–water partition coefficient (Wildman–Crippen LogP) is 3.12. The van der Waals surface area contributed by atoms with E-state index in [1.807, 2.05) is 0 Å². The molecule has 1 heterocycles. The van der Waals surface area contributed by atoms with Gasteiger partial charge in [-0.3, -0.25) is 4.79 Å². The highest BCUT2D eigenvalue weighted by Gasteiger charge is 2.31. The summed E-state index contributed by atoms with van der Waals surface area (Å²) in [5, 5.41) is 6.42. The van der Waals surface area contributed by atoms with Gasteiger partial charge in [0.15, 0.2) is 0 Å². The van der Waals surface area contributed by atoms with Crippen molar-refractivity contribution in [2.24, 2.45) is 11.7 Å². The molecule has 1 aliphatic carbocycles. The van der Waals surface area contributed by atoms with E-state index in [4.69, 9.17) is 5.73 Å². The number of nitrogens with two attached hydrogens (primary N) is 1. The number of halogens is 1. The summed E-state index contributed by atoms with van der Waals surface area (Å²) in [5.41, 5.74) is 4.54. The molecule has 1 amide bonds. The van der Waals surface area contributed by atoms with E-state index in [9.17, 15) is 9.18 Å². The lowest BCUT2D eigenvalue weighted by Gasteiger charge is -2.19. The number of hydrogen-bond donors (Lipinski definition) is 3. The fraction of sp³-hybridized carbons (Fsp3) is 0.706. The van der Waals surface area contributed by atoms with Crippen LogP contribution in [0.4, 0.5) is 16.2 Å². The first-order valence-electron chi connectivity index (χ1n) is 8.66. The van der Waals surface area contributed by atoms with Gasteiger partial charge in [0.2, 0.25) is 5.95 Å². The van der Waals surface area contributed by atoms with Gasteiger partial charge in [-0.25, -0.2) is 9.37 Å². The van der Waals surface area contributed by atoms with Crippen LogP contribution in [-0.4, -0.2) is 34.1 Å². The molecule has 6 nitrogen and oxygen atoms in total. The van der Waals surface area contributed by atoms with Crippen LogP contribution in [0.1, 0.15) is 63.2 Å². The number of carbonyl (C=O) groups excluding carboxylic acids is 1. The topological polar surface area (TPSA) is 92.9 Å². The highest BCUT2D eigenvalue weighted by atomic mass is 19.1. The van der Waals surface area contributed by atoms with Gasteiger partial charge in [0, 0.05) is 18.8 Å². The van der Waals surface area contributed by atoms with Crippen LogP contribution < -0.4 is 16.4 Å². The van der Waals surface area contributed by atoms with Gasteiger partial charge in [0.1, 0.15) is 11.5 Å². The van der Waals surface area contributed by atoms with E-state index >= 15 is 0 Å². The molecule has 0 aliphatic heterocycles. The second kappa shape index (κ2) is 7.77. The normalized spacial score (nSPS) is 15.8. The Morgan fingerprint density at radius 2 is 2.21 bits per heavy atom. The van der Waals surface area contributed by atoms with E-state index in [0.29, 0.717) is 42.6 Å². The maximum Gasteiger partial charge on any atom is 0.254 e. The van der Waals surface area contributed by atoms with E-state index in [2.05, 4.69) is 27.5 Å². The minimum atomic E-state index is -1.18. The molecule has 1 atom stereocenters. The van der Waals surface area contributed by atoms with E-state index in [-0.39, 0.29) is 6.04 Å². The van der Waals surface area contributed by atoms with Crippen molar-refractivity contribution in [3.8, 4) is 0 Å². The van der Waals surface area contributed by atoms with Crippen LogP contribution in [0.5, 0.6) is 0 Å². The highest BCUT2D eigenvalue weighted by molar-refractivity contribution is 5.97. The van der Waals surface area contributed by atoms with Crippen LogP contribution in [0.15, 0.2) is 6.20 Å². The average molecular weight is 337 g/mol. The van der Waals surface area contributed by atoms with Crippen molar-refractivity contribution in [3.05, 3.63) is 11.8 Å². The third-order valence-electron chi connectivity index (χ3n) is 4.24. The van der Waals surface area contributed by atoms with Gasteiger partial charge >= 0.3 is 0 Å². The average Bonchev–Trinajstić information content (AvgIpc) is 3.33.